The van der Waals surface area contributed by atoms with Gasteiger partial charge in [-0.05, 0) is 32.4 Å². The molecular formula is C18H22N2O3S. The zero-order valence-electron chi connectivity index (χ0n) is 14.2. The highest BCUT2D eigenvalue weighted by molar-refractivity contribution is 7.20. The van der Waals surface area contributed by atoms with Crippen LogP contribution in [0.4, 0.5) is 9.80 Å². The fourth-order valence-electron chi connectivity index (χ4n) is 2.28. The van der Waals surface area contributed by atoms with Gasteiger partial charge in [-0.2, -0.15) is 0 Å². The first-order valence-electron chi connectivity index (χ1n) is 8.02. The average molecular weight is 346 g/mol. The lowest BCUT2D eigenvalue weighted by Gasteiger charge is -2.18. The van der Waals surface area contributed by atoms with Gasteiger partial charge in [0.15, 0.2) is 0 Å². The zero-order valence-corrected chi connectivity index (χ0v) is 15.0. The Hall–Kier alpha value is -2.34. The number of thiophene rings is 1. The smallest absolute Gasteiger partial charge is 0.341 e. The summed E-state index contributed by atoms with van der Waals surface area (Å²) in [7, 11) is 0. The van der Waals surface area contributed by atoms with Crippen molar-refractivity contribution in [2.24, 2.45) is 0 Å². The van der Waals surface area contributed by atoms with Crippen LogP contribution in [-0.2, 0) is 4.74 Å². The molecule has 0 saturated carbocycles. The van der Waals surface area contributed by atoms with Gasteiger partial charge in [0, 0.05) is 18.0 Å². The van der Waals surface area contributed by atoms with Crippen LogP contribution < -0.4 is 5.32 Å². The molecule has 0 aliphatic carbocycles. The summed E-state index contributed by atoms with van der Waals surface area (Å²) in [5.41, 5.74) is 1.39. The van der Waals surface area contributed by atoms with Crippen molar-refractivity contribution in [2.75, 3.05) is 25.0 Å². The van der Waals surface area contributed by atoms with Crippen LogP contribution in [-0.4, -0.2) is 36.6 Å². The topological polar surface area (TPSA) is 58.6 Å². The second-order valence-corrected chi connectivity index (χ2v) is 6.09. The Bertz CT molecular complexity index is 694. The maximum Gasteiger partial charge on any atom is 0.341 e. The van der Waals surface area contributed by atoms with E-state index < -0.39 is 5.97 Å². The minimum Gasteiger partial charge on any atom is -0.462 e. The molecule has 0 saturated heterocycles. The highest BCUT2D eigenvalue weighted by Gasteiger charge is 2.21. The van der Waals surface area contributed by atoms with Gasteiger partial charge < -0.3 is 9.64 Å². The Balaban J connectivity index is 2.35. The van der Waals surface area contributed by atoms with Crippen LogP contribution in [0.15, 0.2) is 36.4 Å². The lowest BCUT2D eigenvalue weighted by Crippen LogP contribution is -2.34. The number of carbonyl (C=O) groups excluding carboxylic acids is 2. The Morgan fingerprint density at radius 1 is 1.12 bits per heavy atom. The molecule has 2 rings (SSSR count). The van der Waals surface area contributed by atoms with Gasteiger partial charge in [0.05, 0.1) is 12.2 Å². The van der Waals surface area contributed by atoms with Gasteiger partial charge in [-0.15, -0.1) is 11.3 Å². The maximum absolute atomic E-state index is 12.3. The van der Waals surface area contributed by atoms with E-state index in [1.165, 1.54) is 11.3 Å². The van der Waals surface area contributed by atoms with Gasteiger partial charge in [0.2, 0.25) is 0 Å². The fraction of sp³-hybridized carbons (Fsp3) is 0.333. The molecule has 0 unspecified atom stereocenters. The summed E-state index contributed by atoms with van der Waals surface area (Å²) in [5, 5.41) is 3.36. The second kappa shape index (κ2) is 8.49. The van der Waals surface area contributed by atoms with Crippen molar-refractivity contribution in [3.63, 3.8) is 0 Å². The average Bonchev–Trinajstić information content (AvgIpc) is 3.01. The Labute approximate surface area is 146 Å². The molecule has 1 aromatic heterocycles. The van der Waals surface area contributed by atoms with E-state index in [-0.39, 0.29) is 6.03 Å². The SMILES string of the molecule is CCOC(=O)c1cc(-c2ccccc2)sc1NC(=O)N(CC)CC. The number of nitrogens with one attached hydrogen (secondary N) is 1. The maximum atomic E-state index is 12.3. The highest BCUT2D eigenvalue weighted by atomic mass is 32.1. The number of anilines is 1. The van der Waals surface area contributed by atoms with E-state index in [4.69, 9.17) is 4.74 Å². The van der Waals surface area contributed by atoms with Crippen molar-refractivity contribution in [3.05, 3.63) is 42.0 Å². The lowest BCUT2D eigenvalue weighted by atomic mass is 10.1. The summed E-state index contributed by atoms with van der Waals surface area (Å²) in [4.78, 5) is 27.1. The number of carbonyl (C=O) groups is 2. The molecule has 0 atom stereocenters. The van der Waals surface area contributed by atoms with Crippen molar-refractivity contribution in [2.45, 2.75) is 20.8 Å². The van der Waals surface area contributed by atoms with Gasteiger partial charge in [0.25, 0.3) is 0 Å². The molecule has 0 aliphatic rings. The first-order valence-corrected chi connectivity index (χ1v) is 8.84. The summed E-state index contributed by atoms with van der Waals surface area (Å²) in [5.74, 6) is -0.425. The molecule has 2 amide bonds. The van der Waals surface area contributed by atoms with E-state index in [0.29, 0.717) is 30.3 Å². The fourth-order valence-corrected chi connectivity index (χ4v) is 3.32. The number of hydrogen-bond acceptors (Lipinski definition) is 4. The third kappa shape index (κ3) is 4.14. The molecule has 6 heteroatoms. The van der Waals surface area contributed by atoms with E-state index in [1.54, 1.807) is 17.9 Å². The van der Waals surface area contributed by atoms with E-state index in [1.807, 2.05) is 44.2 Å². The predicted molar refractivity (Wildman–Crippen MR) is 97.7 cm³/mol. The Kier molecular flexibility index (Phi) is 6.37. The quantitative estimate of drug-likeness (QED) is 0.785. The summed E-state index contributed by atoms with van der Waals surface area (Å²) >= 11 is 1.37. The number of rotatable bonds is 6. The molecule has 1 aromatic carbocycles. The van der Waals surface area contributed by atoms with Gasteiger partial charge >= 0.3 is 12.0 Å². The molecular weight excluding hydrogens is 324 g/mol. The highest BCUT2D eigenvalue weighted by Crippen LogP contribution is 2.36. The molecule has 0 radical (unpaired) electrons. The number of benzene rings is 1. The van der Waals surface area contributed by atoms with Gasteiger partial charge in [0.1, 0.15) is 5.00 Å². The van der Waals surface area contributed by atoms with E-state index >= 15 is 0 Å². The molecule has 24 heavy (non-hydrogen) atoms. The molecule has 1 heterocycles. The first kappa shape index (κ1) is 18.0. The molecule has 128 valence electrons. The van der Waals surface area contributed by atoms with Crippen LogP contribution in [0.1, 0.15) is 31.1 Å². The molecule has 0 fully saturated rings. The second-order valence-electron chi connectivity index (χ2n) is 5.04. The van der Waals surface area contributed by atoms with Crippen LogP contribution in [0.25, 0.3) is 10.4 Å². The lowest BCUT2D eigenvalue weighted by molar-refractivity contribution is 0.0528. The van der Waals surface area contributed by atoms with Crippen LogP contribution in [0, 0.1) is 0 Å². The number of esters is 1. The summed E-state index contributed by atoms with van der Waals surface area (Å²) in [6.07, 6.45) is 0. The normalized spacial score (nSPS) is 10.3. The van der Waals surface area contributed by atoms with Crippen molar-refractivity contribution in [3.8, 4) is 10.4 Å². The molecule has 0 spiro atoms. The van der Waals surface area contributed by atoms with Crippen LogP contribution in [0.2, 0.25) is 0 Å². The summed E-state index contributed by atoms with van der Waals surface area (Å²) in [6, 6.07) is 11.3. The number of hydrogen-bond donors (Lipinski definition) is 1. The minimum atomic E-state index is -0.425. The molecule has 0 bridgehead atoms. The number of nitrogens with zero attached hydrogens (tertiary/aromatic N) is 1. The molecule has 5 nitrogen and oxygen atoms in total. The first-order chi connectivity index (χ1) is 11.6. The number of urea groups is 1. The number of amides is 2. The monoisotopic (exact) mass is 346 g/mol. The zero-order chi connectivity index (χ0) is 17.5. The van der Waals surface area contributed by atoms with E-state index in [2.05, 4.69) is 5.32 Å². The van der Waals surface area contributed by atoms with E-state index in [0.717, 1.165) is 10.4 Å². The minimum absolute atomic E-state index is 0.216. The van der Waals surface area contributed by atoms with Crippen molar-refractivity contribution in [1.82, 2.24) is 4.90 Å². The molecule has 1 N–H and O–H groups in total. The molecule has 2 aromatic rings. The third-order valence-electron chi connectivity index (χ3n) is 3.56. The standard InChI is InChI=1S/C18H22N2O3S/c1-4-20(5-2)18(22)19-16-14(17(21)23-6-3)12-15(24-16)13-10-8-7-9-11-13/h7-12H,4-6H2,1-3H3,(H,19,22). The Morgan fingerprint density at radius 2 is 1.79 bits per heavy atom. The van der Waals surface area contributed by atoms with Crippen LogP contribution in [0.5, 0.6) is 0 Å². The number of ether oxygens (including phenoxy) is 1. The third-order valence-corrected chi connectivity index (χ3v) is 4.66. The van der Waals surface area contributed by atoms with Crippen molar-refractivity contribution >= 4 is 28.3 Å². The van der Waals surface area contributed by atoms with Gasteiger partial charge in [-0.3, -0.25) is 5.32 Å². The largest absolute Gasteiger partial charge is 0.462 e. The van der Waals surface area contributed by atoms with Crippen molar-refractivity contribution in [1.29, 1.82) is 0 Å². The van der Waals surface area contributed by atoms with Crippen LogP contribution >= 0.6 is 11.3 Å². The summed E-state index contributed by atoms with van der Waals surface area (Å²) in [6.45, 7) is 7.09. The predicted octanol–water partition coefficient (Wildman–Crippen LogP) is 4.47. The molecule has 0 aliphatic heterocycles. The van der Waals surface area contributed by atoms with Gasteiger partial charge in [-0.25, -0.2) is 9.59 Å². The van der Waals surface area contributed by atoms with E-state index in [9.17, 15) is 9.59 Å². The summed E-state index contributed by atoms with van der Waals surface area (Å²) < 4.78 is 5.12. The van der Waals surface area contributed by atoms with Crippen molar-refractivity contribution < 1.29 is 14.3 Å². The van der Waals surface area contributed by atoms with Gasteiger partial charge in [-0.1, -0.05) is 30.3 Å². The van der Waals surface area contributed by atoms with Crippen LogP contribution in [0.3, 0.4) is 0 Å². The Morgan fingerprint density at radius 3 is 2.38 bits per heavy atom.